The van der Waals surface area contributed by atoms with Crippen LogP contribution < -0.4 is 5.32 Å². The van der Waals surface area contributed by atoms with Crippen LogP contribution in [0.4, 0.5) is 0 Å². The third kappa shape index (κ3) is 5.78. The van der Waals surface area contributed by atoms with E-state index in [1.54, 1.807) is 48.7 Å². The van der Waals surface area contributed by atoms with Crippen LogP contribution in [0.1, 0.15) is 10.4 Å². The van der Waals surface area contributed by atoms with Gasteiger partial charge in [0.1, 0.15) is 5.03 Å². The number of rotatable bonds is 8. The summed E-state index contributed by atoms with van der Waals surface area (Å²) in [6.45, 7) is 1.89. The van der Waals surface area contributed by atoms with Gasteiger partial charge in [0.2, 0.25) is 0 Å². The molecule has 1 amide bonds. The van der Waals surface area contributed by atoms with Crippen LogP contribution in [-0.4, -0.2) is 63.3 Å². The van der Waals surface area contributed by atoms with Crippen molar-refractivity contribution < 1.29 is 22.7 Å². The molecule has 2 heterocycles. The van der Waals surface area contributed by atoms with Crippen molar-refractivity contribution in [3.63, 3.8) is 0 Å². The second kappa shape index (κ2) is 10.0. The molecular formula is C19H22N2O5S2. The number of benzene rings is 1. The van der Waals surface area contributed by atoms with E-state index in [-0.39, 0.29) is 17.8 Å². The van der Waals surface area contributed by atoms with E-state index in [0.717, 1.165) is 0 Å². The molecule has 1 aliphatic rings. The largest absolute Gasteiger partial charge is 0.376 e. The van der Waals surface area contributed by atoms with E-state index in [2.05, 4.69) is 10.3 Å². The summed E-state index contributed by atoms with van der Waals surface area (Å²) < 4.78 is 35.6. The summed E-state index contributed by atoms with van der Waals surface area (Å²) in [5.41, 5.74) is 0.418. The van der Waals surface area contributed by atoms with Crippen LogP contribution in [0.15, 0.2) is 58.6 Å². The number of hydrogen-bond acceptors (Lipinski definition) is 7. The minimum Gasteiger partial charge on any atom is -0.376 e. The third-order valence-corrected chi connectivity index (χ3v) is 7.08. The van der Waals surface area contributed by atoms with Crippen molar-refractivity contribution in [1.82, 2.24) is 10.3 Å². The van der Waals surface area contributed by atoms with Gasteiger partial charge in [-0.2, -0.15) is 0 Å². The Kier molecular flexibility index (Phi) is 7.43. The number of ether oxygens (including phenoxy) is 2. The highest BCUT2D eigenvalue weighted by Gasteiger charge is 2.19. The number of nitrogens with one attached hydrogen (secondary N) is 1. The first-order valence-electron chi connectivity index (χ1n) is 8.89. The van der Waals surface area contributed by atoms with Crippen LogP contribution in [0.2, 0.25) is 0 Å². The fraction of sp³-hybridized carbons (Fsp3) is 0.368. The lowest BCUT2D eigenvalue weighted by molar-refractivity contribution is -0.0855. The van der Waals surface area contributed by atoms with E-state index >= 15 is 0 Å². The van der Waals surface area contributed by atoms with Gasteiger partial charge in [-0.3, -0.25) is 4.79 Å². The molecule has 28 heavy (non-hydrogen) atoms. The minimum absolute atomic E-state index is 0.0352. The van der Waals surface area contributed by atoms with Gasteiger partial charge >= 0.3 is 0 Å². The van der Waals surface area contributed by atoms with Gasteiger partial charge in [-0.15, -0.1) is 11.8 Å². The molecule has 1 aliphatic heterocycles. The van der Waals surface area contributed by atoms with Gasteiger partial charge in [-0.25, -0.2) is 13.4 Å². The molecule has 1 atom stereocenters. The van der Waals surface area contributed by atoms with Crippen LogP contribution in [-0.2, 0) is 19.3 Å². The first-order chi connectivity index (χ1) is 13.6. The Bertz CT molecular complexity index is 884. The maximum Gasteiger partial charge on any atom is 0.254 e. The Balaban J connectivity index is 1.56. The highest BCUT2D eigenvalue weighted by molar-refractivity contribution is 8.00. The zero-order chi connectivity index (χ0) is 19.8. The molecule has 1 aromatic carbocycles. The summed E-state index contributed by atoms with van der Waals surface area (Å²) >= 11 is 1.25. The van der Waals surface area contributed by atoms with Gasteiger partial charge in [0.05, 0.1) is 42.1 Å². The molecule has 0 radical (unpaired) electrons. The van der Waals surface area contributed by atoms with E-state index in [0.29, 0.717) is 47.6 Å². The van der Waals surface area contributed by atoms with Crippen molar-refractivity contribution in [2.75, 3.05) is 37.9 Å². The smallest absolute Gasteiger partial charge is 0.254 e. The normalized spacial score (nSPS) is 17.2. The molecule has 150 valence electrons. The maximum absolute atomic E-state index is 12.5. The van der Waals surface area contributed by atoms with E-state index < -0.39 is 9.84 Å². The first-order valence-corrected chi connectivity index (χ1v) is 11.5. The summed E-state index contributed by atoms with van der Waals surface area (Å²) in [5, 5.41) is 3.33. The van der Waals surface area contributed by atoms with E-state index in [1.807, 2.05) is 0 Å². The number of carbonyl (C=O) groups excluding carboxylic acids is 1. The molecule has 1 N–H and O–H groups in total. The van der Waals surface area contributed by atoms with Crippen molar-refractivity contribution in [3.8, 4) is 0 Å². The van der Waals surface area contributed by atoms with Crippen LogP contribution in [0.3, 0.4) is 0 Å². The summed E-state index contributed by atoms with van der Waals surface area (Å²) in [6, 6.07) is 11.7. The summed E-state index contributed by atoms with van der Waals surface area (Å²) in [6.07, 6.45) is 1.42. The average molecular weight is 423 g/mol. The Labute approximate surface area is 168 Å². The van der Waals surface area contributed by atoms with Gasteiger partial charge in [0, 0.05) is 18.5 Å². The lowest BCUT2D eigenvalue weighted by Gasteiger charge is -2.23. The fourth-order valence-electron chi connectivity index (χ4n) is 2.63. The zero-order valence-electron chi connectivity index (χ0n) is 15.2. The third-order valence-electron chi connectivity index (χ3n) is 4.08. The number of pyridine rings is 1. The van der Waals surface area contributed by atoms with Crippen molar-refractivity contribution in [3.05, 3.63) is 54.2 Å². The summed E-state index contributed by atoms with van der Waals surface area (Å²) in [4.78, 5) is 17.0. The van der Waals surface area contributed by atoms with Crippen molar-refractivity contribution in [2.45, 2.75) is 16.0 Å². The highest BCUT2D eigenvalue weighted by Crippen LogP contribution is 2.21. The van der Waals surface area contributed by atoms with Crippen molar-refractivity contribution in [1.29, 1.82) is 0 Å². The van der Waals surface area contributed by atoms with Crippen molar-refractivity contribution in [2.24, 2.45) is 0 Å². The van der Waals surface area contributed by atoms with Gasteiger partial charge in [0.25, 0.3) is 5.91 Å². The first kappa shape index (κ1) is 20.8. The van der Waals surface area contributed by atoms with Crippen molar-refractivity contribution >= 4 is 27.5 Å². The molecule has 1 aromatic heterocycles. The molecule has 3 rings (SSSR count). The molecule has 0 saturated carbocycles. The molecule has 1 unspecified atom stereocenters. The lowest BCUT2D eigenvalue weighted by Crippen LogP contribution is -2.39. The maximum atomic E-state index is 12.5. The van der Waals surface area contributed by atoms with Crippen LogP contribution in [0.5, 0.6) is 0 Å². The lowest BCUT2D eigenvalue weighted by atomic mass is 10.2. The van der Waals surface area contributed by atoms with E-state index in [1.165, 1.54) is 11.8 Å². The number of nitrogens with zero attached hydrogens (tertiary/aromatic N) is 1. The van der Waals surface area contributed by atoms with Gasteiger partial charge in [-0.05, 0) is 24.3 Å². The SMILES string of the molecule is O=C(NCC1COCCO1)c1cccnc1SCCS(=O)(=O)c1ccccc1. The van der Waals surface area contributed by atoms with Gasteiger partial charge in [0.15, 0.2) is 9.84 Å². The van der Waals surface area contributed by atoms with Gasteiger partial charge in [-0.1, -0.05) is 18.2 Å². The molecule has 9 heteroatoms. The van der Waals surface area contributed by atoms with Crippen LogP contribution >= 0.6 is 11.8 Å². The zero-order valence-corrected chi connectivity index (χ0v) is 16.9. The molecule has 0 aliphatic carbocycles. The Morgan fingerprint density at radius 2 is 2.00 bits per heavy atom. The quantitative estimate of drug-likeness (QED) is 0.648. The number of thioether (sulfide) groups is 1. The van der Waals surface area contributed by atoms with E-state index in [4.69, 9.17) is 9.47 Å². The molecule has 2 aromatic rings. The molecule has 0 spiro atoms. The van der Waals surface area contributed by atoms with Crippen LogP contribution in [0.25, 0.3) is 0 Å². The molecule has 1 fully saturated rings. The fourth-order valence-corrected chi connectivity index (χ4v) is 5.29. The Morgan fingerprint density at radius 3 is 2.75 bits per heavy atom. The predicted molar refractivity (Wildman–Crippen MR) is 106 cm³/mol. The Morgan fingerprint density at radius 1 is 1.18 bits per heavy atom. The summed E-state index contributed by atoms with van der Waals surface area (Å²) in [7, 11) is -3.37. The highest BCUT2D eigenvalue weighted by atomic mass is 32.2. The number of hydrogen-bond donors (Lipinski definition) is 1. The monoisotopic (exact) mass is 422 g/mol. The second-order valence-corrected chi connectivity index (χ2v) is 9.31. The molecule has 7 nitrogen and oxygen atoms in total. The topological polar surface area (TPSA) is 94.6 Å². The molecular weight excluding hydrogens is 400 g/mol. The standard InChI is InChI=1S/C19H22N2O5S2/c22-18(21-13-15-14-25-9-10-26-15)17-7-4-8-20-19(17)27-11-12-28(23,24)16-5-2-1-3-6-16/h1-8,15H,9-14H2,(H,21,22). The Hall–Kier alpha value is -1.94. The summed E-state index contributed by atoms with van der Waals surface area (Å²) in [5.74, 6) is -0.00333. The van der Waals surface area contributed by atoms with Crippen LogP contribution in [0, 0.1) is 0 Å². The molecule has 1 saturated heterocycles. The predicted octanol–water partition coefficient (Wildman–Crippen LogP) is 1.79. The minimum atomic E-state index is -3.37. The number of aromatic nitrogens is 1. The number of sulfone groups is 1. The number of carbonyl (C=O) groups is 1. The number of amides is 1. The van der Waals surface area contributed by atoms with E-state index in [9.17, 15) is 13.2 Å². The second-order valence-electron chi connectivity index (χ2n) is 6.11. The van der Waals surface area contributed by atoms with Gasteiger partial charge < -0.3 is 14.8 Å². The molecule has 0 bridgehead atoms. The average Bonchev–Trinajstić information content (AvgIpc) is 2.74.